The predicted octanol–water partition coefficient (Wildman–Crippen LogP) is 11.1. The molecule has 0 aromatic heterocycles. The number of hydrogen-bond donors (Lipinski definition) is 0. The first-order valence-corrected chi connectivity index (χ1v) is 13.7. The van der Waals surface area contributed by atoms with Crippen molar-refractivity contribution in [3.63, 3.8) is 0 Å². The molecule has 7 atom stereocenters. The van der Waals surface area contributed by atoms with Gasteiger partial charge in [-0.1, -0.05) is 45.6 Å². The lowest BCUT2D eigenvalue weighted by Crippen LogP contribution is -2.38. The first kappa shape index (κ1) is 35.5. The summed E-state index contributed by atoms with van der Waals surface area (Å²) < 4.78 is 144. The van der Waals surface area contributed by atoms with Crippen LogP contribution in [-0.4, -0.2) is 24.6 Å². The molecule has 0 N–H and O–H groups in total. The monoisotopic (exact) mass is 614 g/mol. The van der Waals surface area contributed by atoms with E-state index in [0.29, 0.717) is 30.9 Å². The zero-order chi connectivity index (χ0) is 32.0. The molecular weight excluding hydrogens is 578 g/mol. The molecule has 1 nitrogen and oxygen atoms in total. The third-order valence-corrected chi connectivity index (χ3v) is 7.42. The van der Waals surface area contributed by atoms with Gasteiger partial charge in [0.2, 0.25) is 0 Å². The fourth-order valence-corrected chi connectivity index (χ4v) is 5.04. The van der Waals surface area contributed by atoms with Crippen LogP contribution in [-0.2, 0) is 4.74 Å². The lowest BCUT2D eigenvalue weighted by atomic mass is 9.80. The Hall–Kier alpha value is -2.72. The van der Waals surface area contributed by atoms with Crippen LogP contribution < -0.4 is 0 Å². The molecule has 0 amide bonds. The molecule has 0 heterocycles. The van der Waals surface area contributed by atoms with Crippen molar-refractivity contribution in [2.45, 2.75) is 77.5 Å². The van der Waals surface area contributed by atoms with Gasteiger partial charge in [-0.3, -0.25) is 0 Å². The van der Waals surface area contributed by atoms with Gasteiger partial charge in [0.05, 0.1) is 0 Å². The first-order valence-electron chi connectivity index (χ1n) is 13.7. The molecule has 0 saturated carbocycles. The second-order valence-corrected chi connectivity index (χ2v) is 10.7. The topological polar surface area (TPSA) is 9.23 Å². The van der Waals surface area contributed by atoms with Gasteiger partial charge in [0.1, 0.15) is 47.4 Å². The van der Waals surface area contributed by atoms with Crippen molar-refractivity contribution in [2.24, 2.45) is 29.6 Å². The third kappa shape index (κ3) is 9.14. The Bertz CT molecular complexity index is 1130. The van der Waals surface area contributed by atoms with Crippen LogP contribution in [0, 0.1) is 29.6 Å². The third-order valence-electron chi connectivity index (χ3n) is 7.42. The molecule has 0 spiro atoms. The summed E-state index contributed by atoms with van der Waals surface area (Å²) in [7, 11) is 0. The Morgan fingerprint density at radius 3 is 2.19 bits per heavy atom. The highest BCUT2D eigenvalue weighted by Gasteiger charge is 2.52. The molecule has 2 aliphatic carbocycles. The molecule has 0 saturated heterocycles. The number of alkyl halides is 7. The van der Waals surface area contributed by atoms with Crippen molar-refractivity contribution in [1.82, 2.24) is 0 Å². The van der Waals surface area contributed by atoms with Gasteiger partial charge in [0.25, 0.3) is 0 Å². The minimum absolute atomic E-state index is 0.0520. The molecule has 0 aromatic rings. The van der Waals surface area contributed by atoms with Crippen molar-refractivity contribution in [1.29, 1.82) is 0 Å². The second kappa shape index (κ2) is 14.6. The zero-order valence-corrected chi connectivity index (χ0v) is 23.6. The molecule has 2 unspecified atom stereocenters. The zero-order valence-electron chi connectivity index (χ0n) is 23.6. The smallest absolute Gasteiger partial charge is 0.410 e. The average molecular weight is 615 g/mol. The number of ether oxygens (including phenoxy) is 1. The fourth-order valence-electron chi connectivity index (χ4n) is 5.04. The van der Waals surface area contributed by atoms with Gasteiger partial charge in [0, 0.05) is 17.9 Å². The van der Waals surface area contributed by atoms with E-state index in [1.54, 1.807) is 0 Å². The van der Waals surface area contributed by atoms with Crippen molar-refractivity contribution < 1.29 is 48.6 Å². The number of hydrogen-bond acceptors (Lipinski definition) is 1. The molecule has 0 bridgehead atoms. The van der Waals surface area contributed by atoms with Crippen LogP contribution in [0.2, 0.25) is 0 Å². The van der Waals surface area contributed by atoms with Gasteiger partial charge in [-0.05, 0) is 67.9 Å². The van der Waals surface area contributed by atoms with E-state index in [1.807, 2.05) is 12.2 Å². The van der Waals surface area contributed by atoms with Crippen molar-refractivity contribution in [3.05, 3.63) is 84.0 Å². The van der Waals surface area contributed by atoms with Crippen LogP contribution in [0.4, 0.5) is 43.9 Å². The molecule has 11 heteroatoms. The fraction of sp³-hybridized carbons (Fsp3) is 0.548. The Morgan fingerprint density at radius 2 is 1.69 bits per heavy atom. The predicted molar refractivity (Wildman–Crippen MR) is 143 cm³/mol. The van der Waals surface area contributed by atoms with E-state index >= 15 is 8.78 Å². The van der Waals surface area contributed by atoms with Gasteiger partial charge >= 0.3 is 12.3 Å². The van der Waals surface area contributed by atoms with Crippen molar-refractivity contribution in [2.75, 3.05) is 0 Å². The molecule has 236 valence electrons. The second-order valence-electron chi connectivity index (χ2n) is 10.7. The van der Waals surface area contributed by atoms with Gasteiger partial charge in [0.15, 0.2) is 0 Å². The molecule has 0 aliphatic heterocycles. The van der Waals surface area contributed by atoms with E-state index in [4.69, 9.17) is 0 Å². The summed E-state index contributed by atoms with van der Waals surface area (Å²) >= 11 is 0. The highest BCUT2D eigenvalue weighted by Crippen LogP contribution is 2.44. The average Bonchev–Trinajstić information content (AvgIpc) is 2.83. The molecule has 0 radical (unpaired) electrons. The van der Waals surface area contributed by atoms with Crippen LogP contribution in [0.3, 0.4) is 0 Å². The van der Waals surface area contributed by atoms with E-state index < -0.39 is 65.6 Å². The maximum atomic E-state index is 15.1. The summed E-state index contributed by atoms with van der Waals surface area (Å²) in [5, 5.41) is 0. The molecule has 0 aromatic carbocycles. The van der Waals surface area contributed by atoms with E-state index in [2.05, 4.69) is 31.7 Å². The van der Waals surface area contributed by atoms with Crippen LogP contribution in [0.15, 0.2) is 84.0 Å². The van der Waals surface area contributed by atoms with Crippen LogP contribution >= 0.6 is 0 Å². The molecule has 2 aliphatic rings. The SMILES string of the molecule is C=C(/C=C(/F)[C@H](C(C)F)C(F)(F)OC1=C[C@H](F)C(C(F)(F)F)C(F)=C1)[C@H]1CC[C@@H](C(=C)/C=C\[C@@H](CC)CCC)C=C1F. The van der Waals surface area contributed by atoms with Gasteiger partial charge in [-0.2, -0.15) is 22.0 Å². The molecule has 42 heavy (non-hydrogen) atoms. The Morgan fingerprint density at radius 1 is 1.05 bits per heavy atom. The van der Waals surface area contributed by atoms with Gasteiger partial charge in [-0.25, -0.2) is 22.0 Å². The number of rotatable bonds is 13. The van der Waals surface area contributed by atoms with Crippen LogP contribution in [0.5, 0.6) is 0 Å². The molecular formula is C31H36F10O. The molecule has 2 rings (SSSR count). The van der Waals surface area contributed by atoms with Crippen LogP contribution in [0.1, 0.15) is 52.9 Å². The summed E-state index contributed by atoms with van der Waals surface area (Å²) in [6.07, 6.45) is -6.97. The highest BCUT2D eigenvalue weighted by molar-refractivity contribution is 5.33. The minimum Gasteiger partial charge on any atom is -0.432 e. The summed E-state index contributed by atoms with van der Waals surface area (Å²) in [5.41, 5.74) is 0.407. The summed E-state index contributed by atoms with van der Waals surface area (Å²) in [6.45, 7) is 12.2. The van der Waals surface area contributed by atoms with Crippen molar-refractivity contribution in [3.8, 4) is 0 Å². The quantitative estimate of drug-likeness (QED) is 0.148. The normalized spacial score (nSPS) is 26.2. The number of halogens is 10. The van der Waals surface area contributed by atoms with Crippen LogP contribution in [0.25, 0.3) is 0 Å². The summed E-state index contributed by atoms with van der Waals surface area (Å²) in [6, 6.07) is 0. The lowest BCUT2D eigenvalue weighted by Gasteiger charge is -2.30. The van der Waals surface area contributed by atoms with Gasteiger partial charge in [-0.15, -0.1) is 0 Å². The maximum Gasteiger partial charge on any atom is 0.410 e. The standard InChI is InChI=1S/C31H36F10O/c1-6-8-20(7-2)10-9-17(3)21-11-12-23(24(33)14-21)18(4)13-25(34)28(19(5)32)31(40,41)42-22-15-26(35)29(27(36)16-22)30(37,38)39/h9-10,13-16,19-21,23,26,28-29H,3-4,6-8,11-12H2,1-2,5H3/b10-9-,25-13+/t19?,20-,21+,23+,26-,28-,29?/m0/s1. The van der Waals surface area contributed by atoms with E-state index in [1.165, 1.54) is 6.08 Å². The Balaban J connectivity index is 2.19. The Labute approximate surface area is 240 Å². The largest absolute Gasteiger partial charge is 0.432 e. The summed E-state index contributed by atoms with van der Waals surface area (Å²) in [5.74, 6) is -13.3. The summed E-state index contributed by atoms with van der Waals surface area (Å²) in [4.78, 5) is 0. The Kier molecular flexibility index (Phi) is 12.4. The van der Waals surface area contributed by atoms with E-state index in [0.717, 1.165) is 19.3 Å². The van der Waals surface area contributed by atoms with Crippen molar-refractivity contribution >= 4 is 0 Å². The van der Waals surface area contributed by atoms with Gasteiger partial charge < -0.3 is 4.74 Å². The maximum absolute atomic E-state index is 15.1. The van der Waals surface area contributed by atoms with E-state index in [-0.39, 0.29) is 30.1 Å². The lowest BCUT2D eigenvalue weighted by molar-refractivity contribution is -0.252. The number of allylic oxidation sites excluding steroid dienone is 10. The molecule has 0 fully saturated rings. The highest BCUT2D eigenvalue weighted by atomic mass is 19.4. The minimum atomic E-state index is -5.35. The van der Waals surface area contributed by atoms with E-state index in [9.17, 15) is 35.1 Å². The first-order chi connectivity index (χ1) is 19.4.